The third kappa shape index (κ3) is 3.70. The van der Waals surface area contributed by atoms with Crippen LogP contribution in [-0.2, 0) is 26.6 Å². The van der Waals surface area contributed by atoms with E-state index in [1.165, 1.54) is 11.4 Å². The first-order chi connectivity index (χ1) is 9.60. The molecule has 110 valence electrons. The van der Waals surface area contributed by atoms with Crippen molar-refractivity contribution in [1.29, 1.82) is 0 Å². The molecule has 5 nitrogen and oxygen atoms in total. The minimum atomic E-state index is 0.876. The van der Waals surface area contributed by atoms with Crippen LogP contribution in [0.15, 0.2) is 12.1 Å². The zero-order valence-electron chi connectivity index (χ0n) is 13.0. The van der Waals surface area contributed by atoms with E-state index in [1.54, 1.807) is 0 Å². The monoisotopic (exact) mass is 275 g/mol. The van der Waals surface area contributed by atoms with Gasteiger partial charge in [0.15, 0.2) is 0 Å². The molecule has 0 aromatic carbocycles. The van der Waals surface area contributed by atoms with Crippen LogP contribution in [0.5, 0.6) is 0 Å². The van der Waals surface area contributed by atoms with Gasteiger partial charge in [-0.2, -0.15) is 10.2 Å². The molecule has 0 fully saturated rings. The van der Waals surface area contributed by atoms with Gasteiger partial charge in [-0.1, -0.05) is 6.92 Å². The van der Waals surface area contributed by atoms with Gasteiger partial charge in [-0.25, -0.2) is 0 Å². The van der Waals surface area contributed by atoms with E-state index in [4.69, 9.17) is 0 Å². The molecule has 5 heteroatoms. The van der Waals surface area contributed by atoms with Crippen molar-refractivity contribution in [1.82, 2.24) is 24.9 Å². The predicted octanol–water partition coefficient (Wildman–Crippen LogP) is 1.98. The smallest absolute Gasteiger partial charge is 0.0625 e. The normalized spacial score (nSPS) is 11.2. The molecular weight excluding hydrogens is 250 g/mol. The summed E-state index contributed by atoms with van der Waals surface area (Å²) in [6.45, 7) is 9.11. The predicted molar refractivity (Wildman–Crippen MR) is 80.6 cm³/mol. The number of rotatable bonds is 7. The van der Waals surface area contributed by atoms with Crippen LogP contribution in [0, 0.1) is 13.8 Å². The van der Waals surface area contributed by atoms with E-state index in [9.17, 15) is 0 Å². The molecule has 0 aliphatic heterocycles. The Kier molecular flexibility index (Phi) is 4.95. The molecule has 0 bridgehead atoms. The molecule has 0 amide bonds. The number of nitrogens with one attached hydrogen (secondary N) is 1. The summed E-state index contributed by atoms with van der Waals surface area (Å²) in [5.74, 6) is 0. The van der Waals surface area contributed by atoms with Gasteiger partial charge in [-0.15, -0.1) is 0 Å². The number of hydrogen-bond donors (Lipinski definition) is 1. The first-order valence-electron chi connectivity index (χ1n) is 7.33. The molecule has 0 saturated heterocycles. The van der Waals surface area contributed by atoms with Gasteiger partial charge in [0.05, 0.1) is 17.1 Å². The largest absolute Gasteiger partial charge is 0.311 e. The van der Waals surface area contributed by atoms with Crippen molar-refractivity contribution >= 4 is 0 Å². The fourth-order valence-electron chi connectivity index (χ4n) is 2.38. The second-order valence-electron chi connectivity index (χ2n) is 5.28. The molecule has 2 rings (SSSR count). The van der Waals surface area contributed by atoms with Crippen molar-refractivity contribution in [2.75, 3.05) is 6.54 Å². The molecule has 0 saturated carbocycles. The third-order valence-corrected chi connectivity index (χ3v) is 3.52. The van der Waals surface area contributed by atoms with Gasteiger partial charge in [0.25, 0.3) is 0 Å². The lowest BCUT2D eigenvalue weighted by Crippen LogP contribution is -2.18. The Labute approximate surface area is 121 Å². The van der Waals surface area contributed by atoms with E-state index in [2.05, 4.69) is 46.2 Å². The molecule has 0 radical (unpaired) electrons. The van der Waals surface area contributed by atoms with Crippen LogP contribution in [0.25, 0.3) is 0 Å². The molecule has 0 spiro atoms. The Morgan fingerprint density at radius 2 is 2.00 bits per heavy atom. The second kappa shape index (κ2) is 6.70. The average molecular weight is 275 g/mol. The van der Waals surface area contributed by atoms with Gasteiger partial charge >= 0.3 is 0 Å². The summed E-state index contributed by atoms with van der Waals surface area (Å²) in [7, 11) is 2.01. The van der Waals surface area contributed by atoms with Crippen molar-refractivity contribution in [2.45, 2.75) is 46.7 Å². The molecule has 2 aromatic heterocycles. The lowest BCUT2D eigenvalue weighted by Gasteiger charge is -2.06. The van der Waals surface area contributed by atoms with E-state index < -0.39 is 0 Å². The summed E-state index contributed by atoms with van der Waals surface area (Å²) in [4.78, 5) is 0. The maximum Gasteiger partial charge on any atom is 0.0625 e. The van der Waals surface area contributed by atoms with Crippen LogP contribution in [0.2, 0.25) is 0 Å². The third-order valence-electron chi connectivity index (χ3n) is 3.52. The molecule has 20 heavy (non-hydrogen) atoms. The summed E-state index contributed by atoms with van der Waals surface area (Å²) in [5.41, 5.74) is 4.74. The van der Waals surface area contributed by atoms with Crippen molar-refractivity contribution in [3.63, 3.8) is 0 Å². The van der Waals surface area contributed by atoms with Crippen molar-refractivity contribution in [3.8, 4) is 0 Å². The van der Waals surface area contributed by atoms with Crippen LogP contribution in [-0.4, -0.2) is 26.1 Å². The van der Waals surface area contributed by atoms with Gasteiger partial charge in [0.1, 0.15) is 0 Å². The zero-order chi connectivity index (χ0) is 14.5. The number of aryl methyl sites for hydroxylation is 5. The fourth-order valence-corrected chi connectivity index (χ4v) is 2.38. The standard InChI is InChI=1S/C15H25N5/c1-5-14-10-15(19(4)18-14)11-16-7-6-8-20-13(3)9-12(2)17-20/h9-10,16H,5-8,11H2,1-4H3. The van der Waals surface area contributed by atoms with E-state index >= 15 is 0 Å². The molecule has 0 aliphatic carbocycles. The quantitative estimate of drug-likeness (QED) is 0.786. The molecular formula is C15H25N5. The maximum absolute atomic E-state index is 4.47. The molecule has 2 aromatic rings. The zero-order valence-corrected chi connectivity index (χ0v) is 13.0. The van der Waals surface area contributed by atoms with Crippen LogP contribution in [0.3, 0.4) is 0 Å². The Bertz CT molecular complexity index is 553. The lowest BCUT2D eigenvalue weighted by molar-refractivity contribution is 0.525. The number of aromatic nitrogens is 4. The minimum Gasteiger partial charge on any atom is -0.311 e. The van der Waals surface area contributed by atoms with E-state index in [0.29, 0.717) is 0 Å². The van der Waals surface area contributed by atoms with E-state index in [-0.39, 0.29) is 0 Å². The summed E-state index contributed by atoms with van der Waals surface area (Å²) in [6.07, 6.45) is 2.08. The highest BCUT2D eigenvalue weighted by molar-refractivity contribution is 5.10. The summed E-state index contributed by atoms with van der Waals surface area (Å²) in [5, 5.41) is 12.4. The van der Waals surface area contributed by atoms with Gasteiger partial charge < -0.3 is 5.32 Å². The van der Waals surface area contributed by atoms with Crippen LogP contribution >= 0.6 is 0 Å². The maximum atomic E-state index is 4.47. The van der Waals surface area contributed by atoms with Crippen molar-refractivity contribution in [3.05, 3.63) is 34.9 Å². The van der Waals surface area contributed by atoms with E-state index in [0.717, 1.165) is 43.9 Å². The summed E-state index contributed by atoms with van der Waals surface area (Å²) >= 11 is 0. The summed E-state index contributed by atoms with van der Waals surface area (Å²) < 4.78 is 4.04. The molecule has 1 N–H and O–H groups in total. The summed E-state index contributed by atoms with van der Waals surface area (Å²) in [6, 6.07) is 4.29. The fraction of sp³-hybridized carbons (Fsp3) is 0.600. The molecule has 0 atom stereocenters. The molecule has 0 aliphatic rings. The van der Waals surface area contributed by atoms with Crippen LogP contribution in [0.1, 0.15) is 36.1 Å². The highest BCUT2D eigenvalue weighted by Crippen LogP contribution is 2.04. The van der Waals surface area contributed by atoms with Gasteiger partial charge in [0, 0.05) is 25.8 Å². The first kappa shape index (κ1) is 14.8. The SMILES string of the molecule is CCc1cc(CNCCCn2nc(C)cc2C)n(C)n1. The van der Waals surface area contributed by atoms with Crippen molar-refractivity contribution < 1.29 is 0 Å². The lowest BCUT2D eigenvalue weighted by atomic mass is 10.3. The number of nitrogens with zero attached hydrogens (tertiary/aromatic N) is 4. The first-order valence-corrected chi connectivity index (χ1v) is 7.33. The van der Waals surface area contributed by atoms with Gasteiger partial charge in [-0.05, 0) is 45.4 Å². The Hall–Kier alpha value is -1.62. The van der Waals surface area contributed by atoms with Gasteiger partial charge in [-0.3, -0.25) is 9.36 Å². The number of hydrogen-bond acceptors (Lipinski definition) is 3. The van der Waals surface area contributed by atoms with Crippen molar-refractivity contribution in [2.24, 2.45) is 7.05 Å². The Morgan fingerprint density at radius 3 is 2.60 bits per heavy atom. The topological polar surface area (TPSA) is 47.7 Å². The van der Waals surface area contributed by atoms with Crippen LogP contribution in [0.4, 0.5) is 0 Å². The minimum absolute atomic E-state index is 0.876. The molecule has 0 unspecified atom stereocenters. The van der Waals surface area contributed by atoms with Crippen LogP contribution < -0.4 is 5.32 Å². The highest BCUT2D eigenvalue weighted by atomic mass is 15.3. The Balaban J connectivity index is 1.71. The Morgan fingerprint density at radius 1 is 1.20 bits per heavy atom. The second-order valence-corrected chi connectivity index (χ2v) is 5.28. The van der Waals surface area contributed by atoms with E-state index in [1.807, 2.05) is 18.7 Å². The average Bonchev–Trinajstić information content (AvgIpc) is 2.92. The van der Waals surface area contributed by atoms with Gasteiger partial charge in [0.2, 0.25) is 0 Å². The highest BCUT2D eigenvalue weighted by Gasteiger charge is 2.03. The molecule has 2 heterocycles.